The van der Waals surface area contributed by atoms with Crippen LogP contribution in [0.15, 0.2) is 42.5 Å². The predicted molar refractivity (Wildman–Crippen MR) is 108 cm³/mol. The van der Waals surface area contributed by atoms with E-state index in [0.717, 1.165) is 17.5 Å². The van der Waals surface area contributed by atoms with E-state index in [1.807, 2.05) is 35.2 Å². The van der Waals surface area contributed by atoms with Crippen LogP contribution < -0.4 is 10.2 Å². The van der Waals surface area contributed by atoms with E-state index in [0.29, 0.717) is 43.2 Å². The van der Waals surface area contributed by atoms with E-state index in [9.17, 15) is 14.3 Å². The standard InChI is InChI=1S/C22H24ClFN2O2/c23-16-3-1-2-15(11-16)18-12-19(18)22(28)25-13-14-4-5-21(20(24)10-14)26-8-6-17(27)7-9-26/h1-5,10-11,17-19,27H,6-9,12-13H2,(H,25,28). The van der Waals surface area contributed by atoms with Crippen molar-refractivity contribution in [2.45, 2.75) is 37.8 Å². The number of aliphatic hydroxyl groups excluding tert-OH is 1. The Kier molecular flexibility index (Phi) is 5.56. The fourth-order valence-corrected chi connectivity index (χ4v) is 4.13. The Labute approximate surface area is 169 Å². The van der Waals surface area contributed by atoms with Gasteiger partial charge in [-0.15, -0.1) is 0 Å². The fourth-order valence-electron chi connectivity index (χ4n) is 3.93. The number of carbonyl (C=O) groups excluding carboxylic acids is 1. The topological polar surface area (TPSA) is 52.6 Å². The van der Waals surface area contributed by atoms with E-state index < -0.39 is 0 Å². The molecule has 4 nitrogen and oxygen atoms in total. The average molecular weight is 403 g/mol. The van der Waals surface area contributed by atoms with Gasteiger partial charge in [-0.1, -0.05) is 29.8 Å². The molecule has 4 rings (SSSR count). The van der Waals surface area contributed by atoms with E-state index >= 15 is 0 Å². The number of anilines is 1. The van der Waals surface area contributed by atoms with Crippen LogP contribution in [0.25, 0.3) is 0 Å². The molecule has 2 aromatic carbocycles. The zero-order valence-electron chi connectivity index (χ0n) is 15.6. The molecule has 2 fully saturated rings. The minimum absolute atomic E-state index is 0.000483. The molecule has 0 spiro atoms. The summed E-state index contributed by atoms with van der Waals surface area (Å²) in [5, 5.41) is 13.2. The largest absolute Gasteiger partial charge is 0.393 e. The number of nitrogens with zero attached hydrogens (tertiary/aromatic N) is 1. The molecule has 28 heavy (non-hydrogen) atoms. The molecule has 2 aromatic rings. The lowest BCUT2D eigenvalue weighted by molar-refractivity contribution is -0.122. The SMILES string of the molecule is O=C(NCc1ccc(N2CCC(O)CC2)c(F)c1)C1CC1c1cccc(Cl)c1. The van der Waals surface area contributed by atoms with Crippen molar-refractivity contribution in [3.8, 4) is 0 Å². The van der Waals surface area contributed by atoms with E-state index in [1.54, 1.807) is 6.07 Å². The van der Waals surface area contributed by atoms with Crippen LogP contribution in [0.5, 0.6) is 0 Å². The summed E-state index contributed by atoms with van der Waals surface area (Å²) in [7, 11) is 0. The Morgan fingerprint density at radius 2 is 2.00 bits per heavy atom. The smallest absolute Gasteiger partial charge is 0.224 e. The number of hydrogen-bond acceptors (Lipinski definition) is 3. The van der Waals surface area contributed by atoms with Gasteiger partial charge < -0.3 is 15.3 Å². The van der Waals surface area contributed by atoms with E-state index in [1.165, 1.54) is 6.07 Å². The van der Waals surface area contributed by atoms with Gasteiger partial charge in [0.05, 0.1) is 11.8 Å². The highest BCUT2D eigenvalue weighted by molar-refractivity contribution is 6.30. The van der Waals surface area contributed by atoms with Gasteiger partial charge >= 0.3 is 0 Å². The maximum Gasteiger partial charge on any atom is 0.224 e. The van der Waals surface area contributed by atoms with Crippen molar-refractivity contribution < 1.29 is 14.3 Å². The van der Waals surface area contributed by atoms with Crippen LogP contribution in [0.3, 0.4) is 0 Å². The first-order chi connectivity index (χ1) is 13.5. The van der Waals surface area contributed by atoms with Crippen molar-refractivity contribution >= 4 is 23.2 Å². The van der Waals surface area contributed by atoms with Crippen LogP contribution in [-0.4, -0.2) is 30.2 Å². The Morgan fingerprint density at radius 1 is 1.21 bits per heavy atom. The molecule has 148 valence electrons. The monoisotopic (exact) mass is 402 g/mol. The quantitative estimate of drug-likeness (QED) is 0.798. The third-order valence-corrected chi connectivity index (χ3v) is 5.92. The van der Waals surface area contributed by atoms with Gasteiger partial charge in [-0.25, -0.2) is 4.39 Å². The number of amides is 1. The maximum absolute atomic E-state index is 14.5. The molecular weight excluding hydrogens is 379 g/mol. The van der Waals surface area contributed by atoms with Crippen LogP contribution in [0.1, 0.15) is 36.3 Å². The summed E-state index contributed by atoms with van der Waals surface area (Å²) < 4.78 is 14.5. The third-order valence-electron chi connectivity index (χ3n) is 5.69. The molecular formula is C22H24ClFN2O2. The molecule has 2 atom stereocenters. The summed E-state index contributed by atoms with van der Waals surface area (Å²) in [6, 6.07) is 12.7. The van der Waals surface area contributed by atoms with Crippen molar-refractivity contribution in [1.82, 2.24) is 5.32 Å². The number of rotatable bonds is 5. The van der Waals surface area contributed by atoms with Crippen molar-refractivity contribution in [1.29, 1.82) is 0 Å². The van der Waals surface area contributed by atoms with Gasteiger partial charge in [0.1, 0.15) is 5.82 Å². The second kappa shape index (κ2) is 8.10. The minimum atomic E-state index is -0.286. The fraction of sp³-hybridized carbons (Fsp3) is 0.409. The van der Waals surface area contributed by atoms with Gasteiger partial charge in [0.15, 0.2) is 0 Å². The number of benzene rings is 2. The van der Waals surface area contributed by atoms with E-state index in [-0.39, 0.29) is 29.7 Å². The third kappa shape index (κ3) is 4.31. The van der Waals surface area contributed by atoms with E-state index in [2.05, 4.69) is 5.32 Å². The van der Waals surface area contributed by atoms with E-state index in [4.69, 9.17) is 11.6 Å². The summed E-state index contributed by atoms with van der Waals surface area (Å²) in [5.41, 5.74) is 2.39. The normalized spacial score (nSPS) is 22.2. The highest BCUT2D eigenvalue weighted by Gasteiger charge is 2.43. The predicted octanol–water partition coefficient (Wildman–Crippen LogP) is 3.86. The molecule has 1 aliphatic heterocycles. The van der Waals surface area contributed by atoms with Gasteiger partial charge in [-0.2, -0.15) is 0 Å². The molecule has 2 aliphatic rings. The maximum atomic E-state index is 14.5. The highest BCUT2D eigenvalue weighted by Crippen LogP contribution is 2.48. The summed E-state index contributed by atoms with van der Waals surface area (Å²) in [6.07, 6.45) is 1.85. The molecule has 1 saturated carbocycles. The number of aliphatic hydroxyl groups is 1. The molecule has 1 saturated heterocycles. The highest BCUT2D eigenvalue weighted by atomic mass is 35.5. The number of nitrogens with one attached hydrogen (secondary N) is 1. The van der Waals surface area contributed by atoms with Crippen molar-refractivity contribution in [3.05, 3.63) is 64.4 Å². The molecule has 0 bridgehead atoms. The van der Waals surface area contributed by atoms with Crippen molar-refractivity contribution in [3.63, 3.8) is 0 Å². The Hall–Kier alpha value is -2.11. The number of piperidine rings is 1. The Morgan fingerprint density at radius 3 is 2.71 bits per heavy atom. The summed E-state index contributed by atoms with van der Waals surface area (Å²) in [4.78, 5) is 14.4. The van der Waals surface area contributed by atoms with Crippen molar-refractivity contribution in [2.24, 2.45) is 5.92 Å². The van der Waals surface area contributed by atoms with Gasteiger partial charge in [0.25, 0.3) is 0 Å². The molecule has 1 aliphatic carbocycles. The van der Waals surface area contributed by atoms with Crippen LogP contribution >= 0.6 is 11.6 Å². The van der Waals surface area contributed by atoms with Crippen LogP contribution in [0.2, 0.25) is 5.02 Å². The molecule has 2 N–H and O–H groups in total. The van der Waals surface area contributed by atoms with Crippen LogP contribution in [-0.2, 0) is 11.3 Å². The molecule has 6 heteroatoms. The van der Waals surface area contributed by atoms with Gasteiger partial charge in [-0.05, 0) is 60.6 Å². The lowest BCUT2D eigenvalue weighted by Crippen LogP contribution is -2.36. The molecule has 2 unspecified atom stereocenters. The number of halogens is 2. The lowest BCUT2D eigenvalue weighted by atomic mass is 10.1. The van der Waals surface area contributed by atoms with Crippen LogP contribution in [0.4, 0.5) is 10.1 Å². The van der Waals surface area contributed by atoms with Gasteiger partial charge in [-0.3, -0.25) is 4.79 Å². The Bertz CT molecular complexity index is 867. The summed E-state index contributed by atoms with van der Waals surface area (Å²) in [6.45, 7) is 1.62. The van der Waals surface area contributed by atoms with Crippen molar-refractivity contribution in [2.75, 3.05) is 18.0 Å². The zero-order valence-corrected chi connectivity index (χ0v) is 16.3. The zero-order chi connectivity index (χ0) is 19.7. The average Bonchev–Trinajstić information content (AvgIpc) is 3.48. The molecule has 0 aromatic heterocycles. The Balaban J connectivity index is 1.31. The van der Waals surface area contributed by atoms with Gasteiger partial charge in [0, 0.05) is 30.6 Å². The summed E-state index contributed by atoms with van der Waals surface area (Å²) >= 11 is 6.02. The minimum Gasteiger partial charge on any atom is -0.393 e. The first-order valence-corrected chi connectivity index (χ1v) is 10.1. The molecule has 0 radical (unpaired) electrons. The summed E-state index contributed by atoms with van der Waals surface area (Å²) in [5.74, 6) is -0.111. The second-order valence-corrected chi connectivity index (χ2v) is 8.16. The van der Waals surface area contributed by atoms with Gasteiger partial charge in [0.2, 0.25) is 5.91 Å². The first-order valence-electron chi connectivity index (χ1n) is 9.76. The van der Waals surface area contributed by atoms with Crippen LogP contribution in [0, 0.1) is 11.7 Å². The number of hydrogen-bond donors (Lipinski definition) is 2. The molecule has 1 amide bonds. The lowest BCUT2D eigenvalue weighted by Gasteiger charge is -2.31. The second-order valence-electron chi connectivity index (χ2n) is 7.73. The number of carbonyl (C=O) groups is 1. The molecule has 1 heterocycles. The first kappa shape index (κ1) is 19.2.